The average molecular weight is 301 g/mol. The standard InChI is InChI=1S/C18H23NO3/c1-12-6-7-16-14(9-18(21)22-17(16)8-12)10-19-13(2)4-3-5-15(19)11-20/h6-9,13,15,20H,3-5,10-11H2,1-2H3. The van der Waals surface area contributed by atoms with Gasteiger partial charge in [0.05, 0.1) is 6.61 Å². The summed E-state index contributed by atoms with van der Waals surface area (Å²) in [6.07, 6.45) is 3.30. The summed E-state index contributed by atoms with van der Waals surface area (Å²) in [7, 11) is 0. The molecule has 1 aromatic carbocycles. The maximum atomic E-state index is 11.9. The lowest BCUT2D eigenvalue weighted by Crippen LogP contribution is -2.46. The smallest absolute Gasteiger partial charge is 0.336 e. The van der Waals surface area contributed by atoms with Crippen LogP contribution in [-0.4, -0.2) is 28.7 Å². The zero-order valence-corrected chi connectivity index (χ0v) is 13.2. The van der Waals surface area contributed by atoms with Crippen molar-refractivity contribution >= 4 is 11.0 Å². The van der Waals surface area contributed by atoms with Crippen LogP contribution < -0.4 is 5.63 Å². The number of likely N-dealkylation sites (tertiary alicyclic amines) is 1. The monoisotopic (exact) mass is 301 g/mol. The van der Waals surface area contributed by atoms with Crippen LogP contribution in [0.4, 0.5) is 0 Å². The summed E-state index contributed by atoms with van der Waals surface area (Å²) in [5, 5.41) is 10.6. The minimum atomic E-state index is -0.307. The first kappa shape index (κ1) is 15.3. The van der Waals surface area contributed by atoms with Gasteiger partial charge in [-0.05, 0) is 43.9 Å². The van der Waals surface area contributed by atoms with Gasteiger partial charge in [-0.3, -0.25) is 4.90 Å². The number of fused-ring (bicyclic) bond motifs is 1. The number of nitrogens with zero attached hydrogens (tertiary/aromatic N) is 1. The fourth-order valence-corrected chi connectivity index (χ4v) is 3.49. The Kier molecular flexibility index (Phi) is 4.32. The summed E-state index contributed by atoms with van der Waals surface area (Å²) in [5.41, 5.74) is 2.40. The molecule has 2 aromatic rings. The first-order valence-corrected chi connectivity index (χ1v) is 7.98. The molecule has 22 heavy (non-hydrogen) atoms. The molecule has 1 aliphatic rings. The normalized spacial score (nSPS) is 23.0. The molecule has 4 heteroatoms. The molecule has 1 aliphatic heterocycles. The van der Waals surface area contributed by atoms with Crippen LogP contribution in [0.3, 0.4) is 0 Å². The van der Waals surface area contributed by atoms with Crippen molar-refractivity contribution in [2.24, 2.45) is 0 Å². The van der Waals surface area contributed by atoms with Gasteiger partial charge in [-0.15, -0.1) is 0 Å². The Hall–Kier alpha value is -1.65. The fraction of sp³-hybridized carbons (Fsp3) is 0.500. The first-order valence-electron chi connectivity index (χ1n) is 7.98. The molecule has 0 saturated carbocycles. The van der Waals surface area contributed by atoms with E-state index in [4.69, 9.17) is 4.42 Å². The second-order valence-electron chi connectivity index (χ2n) is 6.38. The maximum Gasteiger partial charge on any atom is 0.336 e. The van der Waals surface area contributed by atoms with Gasteiger partial charge in [0.15, 0.2) is 0 Å². The van der Waals surface area contributed by atoms with Crippen LogP contribution >= 0.6 is 0 Å². The molecule has 1 saturated heterocycles. The predicted molar refractivity (Wildman–Crippen MR) is 87.0 cm³/mol. The number of aliphatic hydroxyl groups is 1. The average Bonchev–Trinajstić information content (AvgIpc) is 2.48. The Bertz CT molecular complexity index is 722. The third-order valence-corrected chi connectivity index (χ3v) is 4.74. The van der Waals surface area contributed by atoms with Gasteiger partial charge < -0.3 is 9.52 Å². The SMILES string of the molecule is Cc1ccc2c(CN3C(C)CCCC3CO)cc(=O)oc2c1. The number of aliphatic hydroxyl groups excluding tert-OH is 1. The highest BCUT2D eigenvalue weighted by Gasteiger charge is 2.27. The second-order valence-corrected chi connectivity index (χ2v) is 6.38. The molecule has 1 N–H and O–H groups in total. The highest BCUT2D eigenvalue weighted by atomic mass is 16.4. The predicted octanol–water partition coefficient (Wildman–Crippen LogP) is 2.84. The molecule has 2 unspecified atom stereocenters. The molecular formula is C18H23NO3. The van der Waals surface area contributed by atoms with E-state index in [1.165, 1.54) is 0 Å². The van der Waals surface area contributed by atoms with Gasteiger partial charge in [0.25, 0.3) is 0 Å². The van der Waals surface area contributed by atoms with Gasteiger partial charge in [0.2, 0.25) is 0 Å². The summed E-state index contributed by atoms with van der Waals surface area (Å²) < 4.78 is 5.33. The van der Waals surface area contributed by atoms with Crippen LogP contribution in [-0.2, 0) is 6.54 Å². The molecule has 0 radical (unpaired) electrons. The highest BCUT2D eigenvalue weighted by Crippen LogP contribution is 2.27. The Morgan fingerprint density at radius 1 is 1.32 bits per heavy atom. The van der Waals surface area contributed by atoms with Crippen LogP contribution in [0.25, 0.3) is 11.0 Å². The Labute approximate surface area is 130 Å². The van der Waals surface area contributed by atoms with Gasteiger partial charge in [0.1, 0.15) is 5.58 Å². The lowest BCUT2D eigenvalue weighted by atomic mass is 9.95. The molecule has 3 rings (SSSR count). The van der Waals surface area contributed by atoms with E-state index in [-0.39, 0.29) is 18.3 Å². The molecular weight excluding hydrogens is 278 g/mol. The number of hydrogen-bond acceptors (Lipinski definition) is 4. The van der Waals surface area contributed by atoms with Crippen LogP contribution in [0, 0.1) is 6.92 Å². The van der Waals surface area contributed by atoms with Crippen molar-refractivity contribution in [3.63, 3.8) is 0 Å². The first-order chi connectivity index (χ1) is 10.6. The summed E-state index contributed by atoms with van der Waals surface area (Å²) in [5.74, 6) is 0. The number of piperidine rings is 1. The molecule has 0 aliphatic carbocycles. The van der Waals surface area contributed by atoms with Gasteiger partial charge >= 0.3 is 5.63 Å². The number of aryl methyl sites for hydroxylation is 1. The molecule has 118 valence electrons. The van der Waals surface area contributed by atoms with E-state index in [1.54, 1.807) is 6.07 Å². The van der Waals surface area contributed by atoms with Gasteiger partial charge in [0, 0.05) is 30.1 Å². The molecule has 0 amide bonds. The van der Waals surface area contributed by atoms with Crippen molar-refractivity contribution in [2.45, 2.75) is 51.7 Å². The van der Waals surface area contributed by atoms with Crippen molar-refractivity contribution in [2.75, 3.05) is 6.61 Å². The molecule has 2 atom stereocenters. The topological polar surface area (TPSA) is 53.7 Å². The van der Waals surface area contributed by atoms with E-state index in [0.29, 0.717) is 18.2 Å². The van der Waals surface area contributed by atoms with Gasteiger partial charge in [-0.25, -0.2) is 4.79 Å². The van der Waals surface area contributed by atoms with E-state index in [9.17, 15) is 9.90 Å². The fourth-order valence-electron chi connectivity index (χ4n) is 3.49. The maximum absolute atomic E-state index is 11.9. The van der Waals surface area contributed by atoms with Crippen LogP contribution in [0.5, 0.6) is 0 Å². The molecule has 2 heterocycles. The van der Waals surface area contributed by atoms with E-state index in [0.717, 1.165) is 35.8 Å². The van der Waals surface area contributed by atoms with Crippen molar-refractivity contribution < 1.29 is 9.52 Å². The molecule has 1 fully saturated rings. The number of benzene rings is 1. The third-order valence-electron chi connectivity index (χ3n) is 4.74. The zero-order chi connectivity index (χ0) is 15.7. The lowest BCUT2D eigenvalue weighted by molar-refractivity contribution is 0.0454. The summed E-state index contributed by atoms with van der Waals surface area (Å²) in [6.45, 7) is 5.03. The van der Waals surface area contributed by atoms with Crippen molar-refractivity contribution in [1.29, 1.82) is 0 Å². The van der Waals surface area contributed by atoms with Crippen LogP contribution in [0.2, 0.25) is 0 Å². The Balaban J connectivity index is 2.00. The van der Waals surface area contributed by atoms with E-state index in [2.05, 4.69) is 11.8 Å². The van der Waals surface area contributed by atoms with Crippen LogP contribution in [0.1, 0.15) is 37.3 Å². The minimum Gasteiger partial charge on any atom is -0.423 e. The lowest BCUT2D eigenvalue weighted by Gasteiger charge is -2.40. The minimum absolute atomic E-state index is 0.169. The zero-order valence-electron chi connectivity index (χ0n) is 13.2. The Morgan fingerprint density at radius 3 is 2.91 bits per heavy atom. The van der Waals surface area contributed by atoms with Crippen molar-refractivity contribution in [3.05, 3.63) is 45.8 Å². The molecule has 0 bridgehead atoms. The Morgan fingerprint density at radius 2 is 2.14 bits per heavy atom. The van der Waals surface area contributed by atoms with Crippen molar-refractivity contribution in [1.82, 2.24) is 4.90 Å². The highest BCUT2D eigenvalue weighted by molar-refractivity contribution is 5.80. The summed E-state index contributed by atoms with van der Waals surface area (Å²) >= 11 is 0. The quantitative estimate of drug-likeness (QED) is 0.886. The van der Waals surface area contributed by atoms with Gasteiger partial charge in [-0.2, -0.15) is 0 Å². The second kappa shape index (κ2) is 6.23. The summed E-state index contributed by atoms with van der Waals surface area (Å²) in [4.78, 5) is 14.2. The summed E-state index contributed by atoms with van der Waals surface area (Å²) in [6, 6.07) is 8.15. The van der Waals surface area contributed by atoms with Gasteiger partial charge in [-0.1, -0.05) is 18.6 Å². The number of rotatable bonds is 3. The van der Waals surface area contributed by atoms with E-state index in [1.807, 2.05) is 25.1 Å². The molecule has 0 spiro atoms. The van der Waals surface area contributed by atoms with Crippen LogP contribution in [0.15, 0.2) is 33.5 Å². The van der Waals surface area contributed by atoms with E-state index < -0.39 is 0 Å². The van der Waals surface area contributed by atoms with Crippen molar-refractivity contribution in [3.8, 4) is 0 Å². The molecule has 4 nitrogen and oxygen atoms in total. The molecule has 1 aromatic heterocycles. The van der Waals surface area contributed by atoms with E-state index >= 15 is 0 Å². The number of hydrogen-bond donors (Lipinski definition) is 1. The third kappa shape index (κ3) is 2.94. The largest absolute Gasteiger partial charge is 0.423 e.